The molecule has 0 aliphatic carbocycles. The average molecular weight is 310 g/mol. The first kappa shape index (κ1) is 15.0. The van der Waals surface area contributed by atoms with Gasteiger partial charge in [0.2, 0.25) is 10.0 Å². The number of carbonyl (C=O) groups is 1. The predicted molar refractivity (Wildman–Crippen MR) is 75.1 cm³/mol. The van der Waals surface area contributed by atoms with Gasteiger partial charge in [-0.1, -0.05) is 12.1 Å². The van der Waals surface area contributed by atoms with Crippen molar-refractivity contribution in [2.45, 2.75) is 17.9 Å². The summed E-state index contributed by atoms with van der Waals surface area (Å²) in [5.41, 5.74) is 0.354. The molecule has 1 aromatic heterocycles. The van der Waals surface area contributed by atoms with Crippen molar-refractivity contribution in [3.8, 4) is 0 Å². The van der Waals surface area contributed by atoms with Crippen LogP contribution < -0.4 is 16.1 Å². The van der Waals surface area contributed by atoms with Gasteiger partial charge >= 0.3 is 5.69 Å². The SMILES string of the molecule is CC(NC(=O)c1c[nH]c(=O)[nH]1)c1ccc(S(N)(=O)=O)cc1. The van der Waals surface area contributed by atoms with Gasteiger partial charge < -0.3 is 15.3 Å². The van der Waals surface area contributed by atoms with E-state index < -0.39 is 21.6 Å². The van der Waals surface area contributed by atoms with Crippen LogP contribution in [-0.4, -0.2) is 24.3 Å². The smallest absolute Gasteiger partial charge is 0.323 e. The Hall–Kier alpha value is -2.39. The molecule has 5 N–H and O–H groups in total. The number of nitrogens with two attached hydrogens (primary N) is 1. The summed E-state index contributed by atoms with van der Waals surface area (Å²) in [6.07, 6.45) is 1.27. The molecule has 2 rings (SSSR count). The van der Waals surface area contributed by atoms with Crippen LogP contribution in [0.15, 0.2) is 40.2 Å². The highest BCUT2D eigenvalue weighted by Gasteiger charge is 2.14. The molecule has 0 aliphatic rings. The van der Waals surface area contributed by atoms with Gasteiger partial charge in [0.05, 0.1) is 10.9 Å². The molecule has 0 radical (unpaired) electrons. The summed E-state index contributed by atoms with van der Waals surface area (Å²) in [5.74, 6) is -0.448. The van der Waals surface area contributed by atoms with E-state index in [1.807, 2.05) is 0 Å². The highest BCUT2D eigenvalue weighted by atomic mass is 32.2. The van der Waals surface area contributed by atoms with Crippen molar-refractivity contribution < 1.29 is 13.2 Å². The number of nitrogens with one attached hydrogen (secondary N) is 3. The van der Waals surface area contributed by atoms with E-state index in [9.17, 15) is 18.0 Å². The minimum Gasteiger partial charge on any atom is -0.344 e. The molecule has 2 aromatic rings. The number of rotatable bonds is 4. The molecule has 1 unspecified atom stereocenters. The van der Waals surface area contributed by atoms with E-state index in [0.717, 1.165) is 0 Å². The predicted octanol–water partition coefficient (Wildman–Crippen LogP) is -0.159. The Labute approximate surface area is 120 Å². The molecule has 0 bridgehead atoms. The third-order valence-corrected chi connectivity index (χ3v) is 3.83. The second-order valence-corrected chi connectivity index (χ2v) is 6.03. The van der Waals surface area contributed by atoms with Crippen LogP contribution in [0.5, 0.6) is 0 Å². The molecule has 0 spiro atoms. The number of hydrogen-bond donors (Lipinski definition) is 4. The van der Waals surface area contributed by atoms with E-state index >= 15 is 0 Å². The van der Waals surface area contributed by atoms with Gasteiger partial charge in [-0.05, 0) is 24.6 Å². The van der Waals surface area contributed by atoms with E-state index in [2.05, 4.69) is 15.3 Å². The fraction of sp³-hybridized carbons (Fsp3) is 0.167. The molecule has 8 nitrogen and oxygen atoms in total. The molecule has 9 heteroatoms. The van der Waals surface area contributed by atoms with E-state index in [4.69, 9.17) is 5.14 Å². The summed E-state index contributed by atoms with van der Waals surface area (Å²) < 4.78 is 22.3. The number of aromatic amines is 2. The minimum absolute atomic E-state index is 0.000240. The van der Waals surface area contributed by atoms with Crippen molar-refractivity contribution in [1.29, 1.82) is 0 Å². The molecule has 0 saturated carbocycles. The van der Waals surface area contributed by atoms with Crippen molar-refractivity contribution in [2.24, 2.45) is 5.14 Å². The van der Waals surface area contributed by atoms with Gasteiger partial charge in [-0.15, -0.1) is 0 Å². The van der Waals surface area contributed by atoms with Crippen molar-refractivity contribution in [3.05, 3.63) is 52.2 Å². The van der Waals surface area contributed by atoms with Gasteiger partial charge in [0, 0.05) is 6.20 Å². The zero-order chi connectivity index (χ0) is 15.6. The number of aromatic nitrogens is 2. The lowest BCUT2D eigenvalue weighted by Crippen LogP contribution is -2.27. The molecular formula is C12H14N4O4S. The van der Waals surface area contributed by atoms with Gasteiger partial charge in [-0.25, -0.2) is 18.4 Å². The van der Waals surface area contributed by atoms with Crippen molar-refractivity contribution in [2.75, 3.05) is 0 Å². The molecular weight excluding hydrogens is 296 g/mol. The lowest BCUT2D eigenvalue weighted by Gasteiger charge is -2.13. The summed E-state index contributed by atoms with van der Waals surface area (Å²) in [5, 5.41) is 7.68. The summed E-state index contributed by atoms with van der Waals surface area (Å²) in [7, 11) is -3.74. The Morgan fingerprint density at radius 1 is 1.29 bits per heavy atom. The number of H-pyrrole nitrogens is 2. The fourth-order valence-corrected chi connectivity index (χ4v) is 2.27. The van der Waals surface area contributed by atoms with Crippen LogP contribution in [0.1, 0.15) is 29.0 Å². The molecule has 0 saturated heterocycles. The maximum Gasteiger partial charge on any atom is 0.323 e. The molecule has 1 atom stereocenters. The fourth-order valence-electron chi connectivity index (χ4n) is 1.76. The summed E-state index contributed by atoms with van der Waals surface area (Å²) in [6, 6.07) is 5.48. The van der Waals surface area contributed by atoms with Gasteiger partial charge in [0.25, 0.3) is 5.91 Å². The van der Waals surface area contributed by atoms with Crippen LogP contribution in [0.3, 0.4) is 0 Å². The molecule has 1 amide bonds. The number of imidazole rings is 1. The van der Waals surface area contributed by atoms with Crippen molar-refractivity contribution in [1.82, 2.24) is 15.3 Å². The number of hydrogen-bond acceptors (Lipinski definition) is 4. The quantitative estimate of drug-likeness (QED) is 0.623. The highest BCUT2D eigenvalue weighted by molar-refractivity contribution is 7.89. The van der Waals surface area contributed by atoms with Crippen LogP contribution in [0, 0.1) is 0 Å². The zero-order valence-corrected chi connectivity index (χ0v) is 11.9. The van der Waals surface area contributed by atoms with Crippen LogP contribution >= 0.6 is 0 Å². The summed E-state index contributed by atoms with van der Waals surface area (Å²) in [6.45, 7) is 1.73. The summed E-state index contributed by atoms with van der Waals surface area (Å²) >= 11 is 0. The standard InChI is InChI=1S/C12H14N4O4S/c1-7(15-11(17)10-6-14-12(18)16-10)8-2-4-9(5-3-8)21(13,19)20/h2-7H,1H3,(H,15,17)(H2,13,19,20)(H2,14,16,18). The van der Waals surface area contributed by atoms with E-state index in [-0.39, 0.29) is 16.6 Å². The number of primary sulfonamides is 1. The average Bonchev–Trinajstić information content (AvgIpc) is 2.84. The molecule has 0 aliphatic heterocycles. The Morgan fingerprint density at radius 3 is 2.38 bits per heavy atom. The van der Waals surface area contributed by atoms with E-state index in [1.165, 1.54) is 18.3 Å². The Morgan fingerprint density at radius 2 is 1.90 bits per heavy atom. The lowest BCUT2D eigenvalue weighted by molar-refractivity contribution is 0.0935. The molecule has 112 valence electrons. The van der Waals surface area contributed by atoms with Gasteiger partial charge in [0.15, 0.2) is 0 Å². The summed E-state index contributed by atoms with van der Waals surface area (Å²) in [4.78, 5) is 27.4. The van der Waals surface area contributed by atoms with Gasteiger partial charge in [-0.2, -0.15) is 0 Å². The van der Waals surface area contributed by atoms with Crippen LogP contribution in [0.2, 0.25) is 0 Å². The molecule has 1 aromatic carbocycles. The Bertz CT molecular complexity index is 804. The monoisotopic (exact) mass is 310 g/mol. The third kappa shape index (κ3) is 3.58. The molecule has 0 fully saturated rings. The third-order valence-electron chi connectivity index (χ3n) is 2.90. The number of carbonyl (C=O) groups excluding carboxylic acids is 1. The first-order chi connectivity index (χ1) is 9.77. The van der Waals surface area contributed by atoms with E-state index in [1.54, 1.807) is 19.1 Å². The first-order valence-electron chi connectivity index (χ1n) is 5.98. The maximum absolute atomic E-state index is 11.9. The maximum atomic E-state index is 11.9. The topological polar surface area (TPSA) is 138 Å². The minimum atomic E-state index is -3.74. The van der Waals surface area contributed by atoms with Crippen LogP contribution in [0.4, 0.5) is 0 Å². The lowest BCUT2D eigenvalue weighted by atomic mass is 10.1. The number of amides is 1. The highest BCUT2D eigenvalue weighted by Crippen LogP contribution is 2.15. The van der Waals surface area contributed by atoms with Gasteiger partial charge in [-0.3, -0.25) is 4.79 Å². The Kier molecular flexibility index (Phi) is 3.96. The van der Waals surface area contributed by atoms with Crippen molar-refractivity contribution >= 4 is 15.9 Å². The van der Waals surface area contributed by atoms with Crippen LogP contribution in [-0.2, 0) is 10.0 Å². The van der Waals surface area contributed by atoms with Crippen LogP contribution in [0.25, 0.3) is 0 Å². The second-order valence-electron chi connectivity index (χ2n) is 4.47. The molecule has 21 heavy (non-hydrogen) atoms. The largest absolute Gasteiger partial charge is 0.344 e. The normalized spacial score (nSPS) is 12.9. The van der Waals surface area contributed by atoms with Crippen molar-refractivity contribution in [3.63, 3.8) is 0 Å². The molecule has 1 heterocycles. The van der Waals surface area contributed by atoms with E-state index in [0.29, 0.717) is 5.56 Å². The Balaban J connectivity index is 2.12. The first-order valence-corrected chi connectivity index (χ1v) is 7.53. The number of sulfonamides is 1. The second kappa shape index (κ2) is 5.54. The van der Waals surface area contributed by atoms with Gasteiger partial charge in [0.1, 0.15) is 5.69 Å². The number of benzene rings is 1. The zero-order valence-electron chi connectivity index (χ0n) is 11.1.